The predicted molar refractivity (Wildman–Crippen MR) is 75.3 cm³/mol. The van der Waals surface area contributed by atoms with E-state index in [1.165, 1.54) is 12.1 Å². The molecule has 1 heterocycles. The molecule has 110 valence electrons. The number of rotatable bonds is 5. The highest BCUT2D eigenvalue weighted by atomic mass is 16.6. The maximum Gasteiger partial charge on any atom is 0.276 e. The Balaban J connectivity index is 2.18. The fraction of sp³-hybridized carbons (Fsp3) is 0.583. The maximum absolute atomic E-state index is 10.9. The van der Waals surface area contributed by atoms with Crippen molar-refractivity contribution in [3.05, 3.63) is 22.2 Å². The molecule has 4 N–H and O–H groups in total. The molecule has 8 heteroatoms. The summed E-state index contributed by atoms with van der Waals surface area (Å²) < 4.78 is 5.38. The van der Waals surface area contributed by atoms with E-state index in [1.54, 1.807) is 7.11 Å². The van der Waals surface area contributed by atoms with Crippen molar-refractivity contribution in [2.24, 2.45) is 11.3 Å². The van der Waals surface area contributed by atoms with E-state index in [-0.39, 0.29) is 29.1 Å². The van der Waals surface area contributed by atoms with Crippen LogP contribution in [0.3, 0.4) is 0 Å². The number of hydrogen-bond donors (Lipinski definition) is 3. The zero-order chi connectivity index (χ0) is 14.9. The van der Waals surface area contributed by atoms with E-state index in [4.69, 9.17) is 10.6 Å². The van der Waals surface area contributed by atoms with Gasteiger partial charge in [0.15, 0.2) is 0 Å². The molecule has 20 heavy (non-hydrogen) atoms. The number of nitrogens with zero attached hydrogens (tertiary/aromatic N) is 2. The van der Waals surface area contributed by atoms with Gasteiger partial charge in [0.05, 0.1) is 23.2 Å². The van der Waals surface area contributed by atoms with Crippen molar-refractivity contribution in [1.29, 1.82) is 0 Å². The van der Waals surface area contributed by atoms with Gasteiger partial charge in [-0.3, -0.25) is 10.1 Å². The van der Waals surface area contributed by atoms with Crippen LogP contribution in [0.1, 0.15) is 20.3 Å². The molecule has 0 amide bonds. The van der Waals surface area contributed by atoms with Crippen LogP contribution in [0.15, 0.2) is 12.1 Å². The molecule has 2 rings (SSSR count). The molecule has 1 aliphatic rings. The molecule has 0 aromatic carbocycles. The lowest BCUT2D eigenvalue weighted by atomic mass is 9.64. The summed E-state index contributed by atoms with van der Waals surface area (Å²) in [4.78, 5) is 14.6. The van der Waals surface area contributed by atoms with Gasteiger partial charge in [-0.1, -0.05) is 13.8 Å². The lowest BCUT2D eigenvalue weighted by Gasteiger charge is -2.51. The second-order valence-corrected chi connectivity index (χ2v) is 5.48. The summed E-state index contributed by atoms with van der Waals surface area (Å²) in [7, 11) is 1.69. The van der Waals surface area contributed by atoms with Gasteiger partial charge in [0.2, 0.25) is 0 Å². The number of pyridine rings is 1. The van der Waals surface area contributed by atoms with Gasteiger partial charge in [0, 0.05) is 18.6 Å². The topological polar surface area (TPSA) is 115 Å². The first-order valence-electron chi connectivity index (χ1n) is 6.31. The van der Waals surface area contributed by atoms with E-state index in [1.807, 2.05) is 0 Å². The molecule has 1 aliphatic carbocycles. The van der Waals surface area contributed by atoms with E-state index in [0.717, 1.165) is 6.42 Å². The lowest BCUT2D eigenvalue weighted by molar-refractivity contribution is -0.384. The van der Waals surface area contributed by atoms with Crippen molar-refractivity contribution < 1.29 is 9.66 Å². The minimum absolute atomic E-state index is 0.0582. The van der Waals surface area contributed by atoms with Crippen LogP contribution in [-0.4, -0.2) is 29.2 Å². The number of nitrogens with one attached hydrogen (secondary N) is 2. The van der Waals surface area contributed by atoms with Gasteiger partial charge < -0.3 is 15.5 Å². The zero-order valence-electron chi connectivity index (χ0n) is 11.7. The molecule has 0 saturated heterocycles. The first kappa shape index (κ1) is 14.5. The summed E-state index contributed by atoms with van der Waals surface area (Å²) in [5.74, 6) is 5.96. The minimum Gasteiger partial charge on any atom is -0.381 e. The number of nitrogens with two attached hydrogens (primary N) is 1. The van der Waals surface area contributed by atoms with Crippen LogP contribution in [0.25, 0.3) is 0 Å². The van der Waals surface area contributed by atoms with Crippen LogP contribution >= 0.6 is 0 Å². The molecule has 1 fully saturated rings. The molecule has 0 radical (unpaired) electrons. The van der Waals surface area contributed by atoms with Crippen molar-refractivity contribution in [2.45, 2.75) is 32.4 Å². The van der Waals surface area contributed by atoms with Crippen LogP contribution in [0.5, 0.6) is 0 Å². The third kappa shape index (κ3) is 2.52. The third-order valence-electron chi connectivity index (χ3n) is 3.95. The van der Waals surface area contributed by atoms with Gasteiger partial charge >= 0.3 is 0 Å². The monoisotopic (exact) mass is 281 g/mol. The molecule has 1 aromatic heterocycles. The summed E-state index contributed by atoms with van der Waals surface area (Å²) in [5.41, 5.74) is 2.21. The standard InChI is InChI=1S/C12H19N5O3/c1-12(2)8(6-9(12)20-3)14-10-4-7(17(18)19)5-11(15-10)16-13/h4-5,8-9H,6,13H2,1-3H3,(H2,14,15,16). The number of ether oxygens (including phenoxy) is 1. The van der Waals surface area contributed by atoms with E-state index >= 15 is 0 Å². The second kappa shape index (κ2) is 5.22. The third-order valence-corrected chi connectivity index (χ3v) is 3.95. The van der Waals surface area contributed by atoms with Crippen LogP contribution in [0.4, 0.5) is 17.3 Å². The Bertz CT molecular complexity index is 520. The molecule has 0 aliphatic heterocycles. The Morgan fingerprint density at radius 1 is 1.50 bits per heavy atom. The Morgan fingerprint density at radius 3 is 2.65 bits per heavy atom. The molecular weight excluding hydrogens is 262 g/mol. The van der Waals surface area contributed by atoms with Crippen molar-refractivity contribution in [3.8, 4) is 0 Å². The molecule has 1 saturated carbocycles. The SMILES string of the molecule is COC1CC(Nc2cc([N+](=O)[O-])cc(NN)n2)C1(C)C. The number of nitro groups is 1. The fourth-order valence-electron chi connectivity index (χ4n) is 2.48. The highest BCUT2D eigenvalue weighted by Crippen LogP contribution is 2.44. The second-order valence-electron chi connectivity index (χ2n) is 5.48. The minimum atomic E-state index is -0.475. The number of methoxy groups -OCH3 is 1. The number of hydrogen-bond acceptors (Lipinski definition) is 7. The first-order chi connectivity index (χ1) is 9.38. The zero-order valence-corrected chi connectivity index (χ0v) is 11.7. The Kier molecular flexibility index (Phi) is 3.78. The average Bonchev–Trinajstić information content (AvgIpc) is 2.42. The maximum atomic E-state index is 10.9. The summed E-state index contributed by atoms with van der Waals surface area (Å²) in [5, 5.41) is 14.1. The van der Waals surface area contributed by atoms with Gasteiger partial charge in [-0.25, -0.2) is 10.8 Å². The first-order valence-corrected chi connectivity index (χ1v) is 6.31. The number of aromatic nitrogens is 1. The van der Waals surface area contributed by atoms with Crippen LogP contribution in [-0.2, 0) is 4.74 Å². The average molecular weight is 281 g/mol. The molecule has 2 atom stereocenters. The Labute approximate surface area is 116 Å². The predicted octanol–water partition coefficient (Wildman–Crippen LogP) is 1.50. The van der Waals surface area contributed by atoms with Crippen molar-refractivity contribution in [3.63, 3.8) is 0 Å². The summed E-state index contributed by atoms with van der Waals surface area (Å²) in [6.07, 6.45) is 1.00. The van der Waals surface area contributed by atoms with E-state index < -0.39 is 4.92 Å². The molecule has 0 bridgehead atoms. The van der Waals surface area contributed by atoms with Gasteiger partial charge in [0.1, 0.15) is 11.6 Å². The fourth-order valence-corrected chi connectivity index (χ4v) is 2.48. The Morgan fingerprint density at radius 2 is 2.15 bits per heavy atom. The van der Waals surface area contributed by atoms with Crippen LogP contribution in [0, 0.1) is 15.5 Å². The van der Waals surface area contributed by atoms with E-state index in [9.17, 15) is 10.1 Å². The Hall–Kier alpha value is -1.93. The van der Waals surface area contributed by atoms with Gasteiger partial charge in [-0.05, 0) is 6.42 Å². The van der Waals surface area contributed by atoms with Gasteiger partial charge in [-0.2, -0.15) is 0 Å². The normalized spacial score (nSPS) is 23.8. The largest absolute Gasteiger partial charge is 0.381 e. The quantitative estimate of drug-likeness (QED) is 0.425. The number of anilines is 2. The van der Waals surface area contributed by atoms with E-state index in [2.05, 4.69) is 29.6 Å². The number of hydrazine groups is 1. The van der Waals surface area contributed by atoms with E-state index in [0.29, 0.717) is 5.82 Å². The van der Waals surface area contributed by atoms with Crippen molar-refractivity contribution in [1.82, 2.24) is 4.98 Å². The highest BCUT2D eigenvalue weighted by molar-refractivity contribution is 5.55. The molecular formula is C12H19N5O3. The van der Waals surface area contributed by atoms with Crippen LogP contribution < -0.4 is 16.6 Å². The highest BCUT2D eigenvalue weighted by Gasteiger charge is 2.48. The van der Waals surface area contributed by atoms with Crippen molar-refractivity contribution in [2.75, 3.05) is 17.9 Å². The molecule has 8 nitrogen and oxygen atoms in total. The lowest BCUT2D eigenvalue weighted by Crippen LogP contribution is -2.57. The summed E-state index contributed by atoms with van der Waals surface area (Å²) in [6, 6.07) is 2.83. The molecule has 1 aromatic rings. The molecule has 0 spiro atoms. The van der Waals surface area contributed by atoms with Gasteiger partial charge in [-0.15, -0.1) is 0 Å². The summed E-state index contributed by atoms with van der Waals surface area (Å²) in [6.45, 7) is 4.17. The van der Waals surface area contributed by atoms with Crippen molar-refractivity contribution >= 4 is 17.3 Å². The molecule has 2 unspecified atom stereocenters. The van der Waals surface area contributed by atoms with Crippen LogP contribution in [0.2, 0.25) is 0 Å². The smallest absolute Gasteiger partial charge is 0.276 e. The summed E-state index contributed by atoms with van der Waals surface area (Å²) >= 11 is 0. The van der Waals surface area contributed by atoms with Gasteiger partial charge in [0.25, 0.3) is 5.69 Å². The number of nitrogen functional groups attached to an aromatic ring is 1.